The number of carbonyl (C=O) groups excluding carboxylic acids is 1. The lowest BCUT2D eigenvalue weighted by Crippen LogP contribution is -2.41. The molecule has 1 fully saturated rings. The number of methoxy groups -OCH3 is 1. The summed E-state index contributed by atoms with van der Waals surface area (Å²) in [5.74, 6) is -0.371. The van der Waals surface area contributed by atoms with Crippen molar-refractivity contribution in [2.75, 3.05) is 7.11 Å². The SMILES string of the molecule is COc1ccc(C=O)c(F)c1B1OC(C)(C)C(C)(C)O1. The van der Waals surface area contributed by atoms with E-state index in [0.29, 0.717) is 12.0 Å². The zero-order chi connectivity index (χ0) is 15.1. The molecule has 1 aromatic carbocycles. The number of carbonyl (C=O) groups is 1. The first kappa shape index (κ1) is 15.0. The highest BCUT2D eigenvalue weighted by Gasteiger charge is 2.53. The molecule has 2 rings (SSSR count). The van der Waals surface area contributed by atoms with Crippen molar-refractivity contribution in [1.82, 2.24) is 0 Å². The van der Waals surface area contributed by atoms with Gasteiger partial charge in [-0.1, -0.05) is 0 Å². The zero-order valence-corrected chi connectivity index (χ0v) is 12.3. The Bertz CT molecular complexity index is 526. The van der Waals surface area contributed by atoms with Crippen molar-refractivity contribution in [3.8, 4) is 5.75 Å². The van der Waals surface area contributed by atoms with Crippen LogP contribution in [0.1, 0.15) is 38.1 Å². The molecule has 0 aliphatic carbocycles. The molecule has 20 heavy (non-hydrogen) atoms. The summed E-state index contributed by atoms with van der Waals surface area (Å²) in [4.78, 5) is 10.9. The van der Waals surface area contributed by atoms with Crippen LogP contribution < -0.4 is 10.2 Å². The highest BCUT2D eigenvalue weighted by Crippen LogP contribution is 2.37. The highest BCUT2D eigenvalue weighted by atomic mass is 19.1. The second-order valence-corrected chi connectivity index (χ2v) is 5.79. The van der Waals surface area contributed by atoms with E-state index in [2.05, 4.69) is 0 Å². The van der Waals surface area contributed by atoms with Crippen LogP contribution in [-0.2, 0) is 9.31 Å². The molecule has 1 aromatic rings. The quantitative estimate of drug-likeness (QED) is 0.627. The summed E-state index contributed by atoms with van der Waals surface area (Å²) in [5.41, 5.74) is -1.11. The number of rotatable bonds is 3. The lowest BCUT2D eigenvalue weighted by molar-refractivity contribution is 0.00578. The summed E-state index contributed by atoms with van der Waals surface area (Å²) >= 11 is 0. The van der Waals surface area contributed by atoms with E-state index in [4.69, 9.17) is 14.0 Å². The molecule has 0 atom stereocenters. The maximum atomic E-state index is 14.4. The fraction of sp³-hybridized carbons (Fsp3) is 0.500. The lowest BCUT2D eigenvalue weighted by Gasteiger charge is -2.32. The van der Waals surface area contributed by atoms with E-state index in [9.17, 15) is 9.18 Å². The van der Waals surface area contributed by atoms with Gasteiger partial charge in [0.05, 0.1) is 23.8 Å². The van der Waals surface area contributed by atoms with Crippen molar-refractivity contribution in [3.05, 3.63) is 23.5 Å². The van der Waals surface area contributed by atoms with Crippen LogP contribution in [0.4, 0.5) is 4.39 Å². The van der Waals surface area contributed by atoms with Crippen molar-refractivity contribution in [2.24, 2.45) is 0 Å². The van der Waals surface area contributed by atoms with E-state index in [-0.39, 0.29) is 11.0 Å². The molecule has 0 spiro atoms. The Labute approximate surface area is 118 Å². The van der Waals surface area contributed by atoms with Gasteiger partial charge in [0, 0.05) is 5.56 Å². The third-order valence-electron chi connectivity index (χ3n) is 4.01. The van der Waals surface area contributed by atoms with Crippen molar-refractivity contribution in [2.45, 2.75) is 38.9 Å². The molecule has 0 saturated carbocycles. The molecule has 1 saturated heterocycles. The van der Waals surface area contributed by atoms with Crippen molar-refractivity contribution >= 4 is 18.9 Å². The van der Waals surface area contributed by atoms with E-state index in [1.165, 1.54) is 19.2 Å². The Hall–Kier alpha value is -1.40. The van der Waals surface area contributed by atoms with Crippen molar-refractivity contribution in [1.29, 1.82) is 0 Å². The monoisotopic (exact) mass is 280 g/mol. The van der Waals surface area contributed by atoms with Crippen molar-refractivity contribution in [3.63, 3.8) is 0 Å². The summed E-state index contributed by atoms with van der Waals surface area (Å²) < 4.78 is 31.2. The minimum atomic E-state index is -0.908. The van der Waals surface area contributed by atoms with E-state index in [1.807, 2.05) is 27.7 Å². The number of aldehydes is 1. The molecule has 1 heterocycles. The molecular formula is C14H18BFO4. The molecule has 108 valence electrons. The summed E-state index contributed by atoms with van der Waals surface area (Å²) in [5, 5.41) is 0. The van der Waals surface area contributed by atoms with E-state index in [1.54, 1.807) is 0 Å². The summed E-state index contributed by atoms with van der Waals surface area (Å²) in [6.07, 6.45) is 0.462. The van der Waals surface area contributed by atoms with Gasteiger partial charge < -0.3 is 14.0 Å². The van der Waals surface area contributed by atoms with Gasteiger partial charge in [0.1, 0.15) is 11.6 Å². The highest BCUT2D eigenvalue weighted by molar-refractivity contribution is 6.63. The zero-order valence-electron chi connectivity index (χ0n) is 12.3. The summed E-state index contributed by atoms with van der Waals surface area (Å²) in [6, 6.07) is 2.91. The molecule has 0 amide bonds. The van der Waals surface area contributed by atoms with Gasteiger partial charge in [0.15, 0.2) is 6.29 Å². The van der Waals surface area contributed by atoms with Crippen LogP contribution in [0.25, 0.3) is 0 Å². The smallest absolute Gasteiger partial charge is 0.497 e. The first-order valence-corrected chi connectivity index (χ1v) is 6.40. The van der Waals surface area contributed by atoms with Crippen LogP contribution in [-0.4, -0.2) is 31.7 Å². The van der Waals surface area contributed by atoms with E-state index in [0.717, 1.165) is 0 Å². The van der Waals surface area contributed by atoms with Crippen molar-refractivity contribution < 1.29 is 23.2 Å². The maximum absolute atomic E-state index is 14.4. The average molecular weight is 280 g/mol. The standard InChI is InChI=1S/C14H18BFO4/c1-13(2)14(3,4)20-15(19-13)11-10(18-5)7-6-9(8-17)12(11)16/h6-8H,1-5H3. The number of benzene rings is 1. The molecule has 0 radical (unpaired) electrons. The fourth-order valence-corrected chi connectivity index (χ4v) is 2.04. The Kier molecular flexibility index (Phi) is 3.65. The van der Waals surface area contributed by atoms with E-state index >= 15 is 0 Å². The molecule has 1 aliphatic heterocycles. The Morgan fingerprint density at radius 3 is 2.20 bits per heavy atom. The topological polar surface area (TPSA) is 44.8 Å². The second-order valence-electron chi connectivity index (χ2n) is 5.79. The normalized spacial score (nSPS) is 20.0. The maximum Gasteiger partial charge on any atom is 0.501 e. The van der Waals surface area contributed by atoms with Crippen LogP contribution in [0, 0.1) is 5.82 Å². The van der Waals surface area contributed by atoms with Gasteiger partial charge >= 0.3 is 7.12 Å². The molecule has 6 heteroatoms. The van der Waals surface area contributed by atoms with Gasteiger partial charge in [0.2, 0.25) is 0 Å². The van der Waals surface area contributed by atoms with Gasteiger partial charge in [0.25, 0.3) is 0 Å². The number of ether oxygens (including phenoxy) is 1. The molecule has 0 aromatic heterocycles. The van der Waals surface area contributed by atoms with E-state index < -0.39 is 24.1 Å². The average Bonchev–Trinajstić information content (AvgIpc) is 2.57. The molecule has 1 aliphatic rings. The number of hydrogen-bond donors (Lipinski definition) is 0. The van der Waals surface area contributed by atoms with Gasteiger partial charge in [-0.2, -0.15) is 0 Å². The summed E-state index contributed by atoms with van der Waals surface area (Å²) in [6.45, 7) is 7.50. The molecule has 4 nitrogen and oxygen atoms in total. The molecule has 0 bridgehead atoms. The van der Waals surface area contributed by atoms with Gasteiger partial charge in [-0.15, -0.1) is 0 Å². The van der Waals surface area contributed by atoms with Gasteiger partial charge in [-0.25, -0.2) is 4.39 Å². The predicted octanol–water partition coefficient (Wildman–Crippen LogP) is 1.95. The van der Waals surface area contributed by atoms with Crippen LogP contribution in [0.2, 0.25) is 0 Å². The van der Waals surface area contributed by atoms with Gasteiger partial charge in [-0.05, 0) is 39.8 Å². The third-order valence-corrected chi connectivity index (χ3v) is 4.01. The van der Waals surface area contributed by atoms with Crippen LogP contribution in [0.5, 0.6) is 5.75 Å². The van der Waals surface area contributed by atoms with Gasteiger partial charge in [-0.3, -0.25) is 4.79 Å². The fourth-order valence-electron chi connectivity index (χ4n) is 2.04. The summed E-state index contributed by atoms with van der Waals surface area (Å²) in [7, 11) is 0.527. The molecule has 0 N–H and O–H groups in total. The van der Waals surface area contributed by atoms with Crippen LogP contribution in [0.3, 0.4) is 0 Å². The predicted molar refractivity (Wildman–Crippen MR) is 74.1 cm³/mol. The third kappa shape index (κ3) is 2.23. The minimum absolute atomic E-state index is 0.0458. The first-order chi connectivity index (χ1) is 9.23. The lowest BCUT2D eigenvalue weighted by atomic mass is 9.77. The Morgan fingerprint density at radius 2 is 1.75 bits per heavy atom. The van der Waals surface area contributed by atoms with Crippen LogP contribution >= 0.6 is 0 Å². The molecular weight excluding hydrogens is 262 g/mol. The second kappa shape index (κ2) is 4.86. The number of halogens is 1. The van der Waals surface area contributed by atoms with Crippen LogP contribution in [0.15, 0.2) is 12.1 Å². The Balaban J connectivity index is 2.51. The number of hydrogen-bond acceptors (Lipinski definition) is 4. The largest absolute Gasteiger partial charge is 0.501 e. The molecule has 0 unspecified atom stereocenters. The minimum Gasteiger partial charge on any atom is -0.497 e. The Morgan fingerprint density at radius 1 is 1.20 bits per heavy atom. The first-order valence-electron chi connectivity index (χ1n) is 6.40.